The average Bonchev–Trinajstić information content (AvgIpc) is 3.01. The van der Waals surface area contributed by atoms with Crippen LogP contribution in [0, 0.1) is 0 Å². The molecule has 0 aliphatic rings. The van der Waals surface area contributed by atoms with Crippen molar-refractivity contribution in [1.29, 1.82) is 0 Å². The van der Waals surface area contributed by atoms with Gasteiger partial charge in [-0.25, -0.2) is 4.98 Å². The summed E-state index contributed by atoms with van der Waals surface area (Å²) in [5, 5.41) is 7.98. The minimum Gasteiger partial charge on any atom is -0.369 e. The first-order valence-electron chi connectivity index (χ1n) is 6.89. The summed E-state index contributed by atoms with van der Waals surface area (Å²) in [4.78, 5) is 5.89. The van der Waals surface area contributed by atoms with Crippen LogP contribution in [0.3, 0.4) is 0 Å². The number of halogens is 1. The SMILES string of the molecule is CC(C)(CNc1nccc2c(Br)cccc12)c1cccs1. The van der Waals surface area contributed by atoms with E-state index in [4.69, 9.17) is 0 Å². The van der Waals surface area contributed by atoms with Crippen molar-refractivity contribution in [3.63, 3.8) is 0 Å². The van der Waals surface area contributed by atoms with E-state index in [9.17, 15) is 0 Å². The van der Waals surface area contributed by atoms with Crippen molar-refractivity contribution in [2.24, 2.45) is 0 Å². The zero-order chi connectivity index (χ0) is 14.9. The molecule has 0 radical (unpaired) electrons. The molecular weight excluding hydrogens is 344 g/mol. The van der Waals surface area contributed by atoms with E-state index in [0.29, 0.717) is 0 Å². The summed E-state index contributed by atoms with van der Waals surface area (Å²) in [6.07, 6.45) is 1.85. The van der Waals surface area contributed by atoms with E-state index in [1.54, 1.807) is 11.3 Å². The molecule has 2 aromatic heterocycles. The smallest absolute Gasteiger partial charge is 0.133 e. The molecule has 21 heavy (non-hydrogen) atoms. The van der Waals surface area contributed by atoms with Crippen LogP contribution in [0.25, 0.3) is 10.8 Å². The van der Waals surface area contributed by atoms with Gasteiger partial charge in [0.05, 0.1) is 0 Å². The van der Waals surface area contributed by atoms with Crippen molar-refractivity contribution >= 4 is 43.9 Å². The summed E-state index contributed by atoms with van der Waals surface area (Å²) in [5.41, 5.74) is 0.0873. The number of nitrogens with one attached hydrogen (secondary N) is 1. The maximum absolute atomic E-state index is 4.50. The van der Waals surface area contributed by atoms with Crippen LogP contribution >= 0.6 is 27.3 Å². The standard InChI is InChI=1S/C17H17BrN2S/c1-17(2,15-7-4-10-21-15)11-20-16-13-5-3-6-14(18)12(13)8-9-19-16/h3-10H,11H2,1-2H3,(H,19,20). The Morgan fingerprint density at radius 2 is 2.00 bits per heavy atom. The first-order valence-corrected chi connectivity index (χ1v) is 8.56. The number of rotatable bonds is 4. The fourth-order valence-corrected chi connectivity index (χ4v) is 3.72. The Hall–Kier alpha value is -1.39. The topological polar surface area (TPSA) is 24.9 Å². The number of hydrogen-bond donors (Lipinski definition) is 1. The van der Waals surface area contributed by atoms with Gasteiger partial charge in [-0.3, -0.25) is 0 Å². The van der Waals surface area contributed by atoms with Crippen molar-refractivity contribution in [3.8, 4) is 0 Å². The van der Waals surface area contributed by atoms with Gasteiger partial charge in [-0.05, 0) is 23.6 Å². The van der Waals surface area contributed by atoms with Crippen LogP contribution in [0.2, 0.25) is 0 Å². The highest BCUT2D eigenvalue weighted by molar-refractivity contribution is 9.10. The van der Waals surface area contributed by atoms with Crippen LogP contribution in [0.5, 0.6) is 0 Å². The van der Waals surface area contributed by atoms with Gasteiger partial charge in [0, 0.05) is 38.3 Å². The van der Waals surface area contributed by atoms with Gasteiger partial charge in [0.25, 0.3) is 0 Å². The first-order chi connectivity index (χ1) is 10.1. The predicted octanol–water partition coefficient (Wildman–Crippen LogP) is 5.45. The second kappa shape index (κ2) is 5.78. The number of fused-ring (bicyclic) bond motifs is 1. The monoisotopic (exact) mass is 360 g/mol. The van der Waals surface area contributed by atoms with E-state index in [1.165, 1.54) is 10.3 Å². The lowest BCUT2D eigenvalue weighted by Crippen LogP contribution is -2.26. The van der Waals surface area contributed by atoms with E-state index in [1.807, 2.05) is 18.3 Å². The van der Waals surface area contributed by atoms with E-state index >= 15 is 0 Å². The van der Waals surface area contributed by atoms with Crippen molar-refractivity contribution in [1.82, 2.24) is 4.98 Å². The summed E-state index contributed by atoms with van der Waals surface area (Å²) in [5.74, 6) is 0.943. The van der Waals surface area contributed by atoms with Gasteiger partial charge in [-0.1, -0.05) is 48.0 Å². The molecule has 2 heterocycles. The second-order valence-electron chi connectivity index (χ2n) is 5.71. The molecule has 0 bridgehead atoms. The number of nitrogens with zero attached hydrogens (tertiary/aromatic N) is 1. The van der Waals surface area contributed by atoms with Crippen LogP contribution < -0.4 is 5.32 Å². The highest BCUT2D eigenvalue weighted by Crippen LogP contribution is 2.30. The molecule has 0 saturated heterocycles. The van der Waals surface area contributed by atoms with Gasteiger partial charge in [-0.2, -0.15) is 0 Å². The zero-order valence-corrected chi connectivity index (χ0v) is 14.5. The molecule has 3 aromatic rings. The Morgan fingerprint density at radius 3 is 2.76 bits per heavy atom. The Bertz CT molecular complexity index is 751. The van der Waals surface area contributed by atoms with Crippen LogP contribution in [-0.4, -0.2) is 11.5 Å². The third kappa shape index (κ3) is 2.97. The minimum atomic E-state index is 0.0873. The maximum atomic E-state index is 4.50. The number of benzene rings is 1. The molecule has 0 fully saturated rings. The van der Waals surface area contributed by atoms with Gasteiger partial charge in [0.2, 0.25) is 0 Å². The molecule has 0 saturated carbocycles. The van der Waals surface area contributed by atoms with Crippen molar-refractivity contribution in [3.05, 3.63) is 57.3 Å². The van der Waals surface area contributed by atoms with E-state index < -0.39 is 0 Å². The fourth-order valence-electron chi connectivity index (χ4n) is 2.37. The molecule has 108 valence electrons. The third-order valence-electron chi connectivity index (χ3n) is 3.64. The zero-order valence-electron chi connectivity index (χ0n) is 12.1. The molecule has 1 N–H and O–H groups in total. The summed E-state index contributed by atoms with van der Waals surface area (Å²) in [6, 6.07) is 12.5. The van der Waals surface area contributed by atoms with Crippen LogP contribution in [0.15, 0.2) is 52.4 Å². The Morgan fingerprint density at radius 1 is 1.14 bits per heavy atom. The maximum Gasteiger partial charge on any atom is 0.133 e. The lowest BCUT2D eigenvalue weighted by molar-refractivity contribution is 0.568. The van der Waals surface area contributed by atoms with E-state index in [0.717, 1.165) is 22.2 Å². The average molecular weight is 361 g/mol. The fraction of sp³-hybridized carbons (Fsp3) is 0.235. The molecule has 0 amide bonds. The highest BCUT2D eigenvalue weighted by atomic mass is 79.9. The molecule has 1 aromatic carbocycles. The molecule has 3 rings (SSSR count). The van der Waals surface area contributed by atoms with Gasteiger partial charge in [0.15, 0.2) is 0 Å². The molecule has 0 atom stereocenters. The number of aromatic nitrogens is 1. The van der Waals surface area contributed by atoms with E-state index in [2.05, 4.69) is 69.7 Å². The van der Waals surface area contributed by atoms with Crippen LogP contribution in [0.1, 0.15) is 18.7 Å². The Kier molecular flexibility index (Phi) is 4.00. The van der Waals surface area contributed by atoms with Crippen molar-refractivity contribution in [2.75, 3.05) is 11.9 Å². The minimum absolute atomic E-state index is 0.0873. The quantitative estimate of drug-likeness (QED) is 0.669. The first kappa shape index (κ1) is 14.5. The van der Waals surface area contributed by atoms with Crippen LogP contribution in [-0.2, 0) is 5.41 Å². The van der Waals surface area contributed by atoms with Gasteiger partial charge in [-0.15, -0.1) is 11.3 Å². The molecule has 2 nitrogen and oxygen atoms in total. The summed E-state index contributed by atoms with van der Waals surface area (Å²) < 4.78 is 1.10. The lowest BCUT2D eigenvalue weighted by atomic mass is 9.91. The second-order valence-corrected chi connectivity index (χ2v) is 7.51. The van der Waals surface area contributed by atoms with Gasteiger partial charge in [0.1, 0.15) is 5.82 Å². The Balaban J connectivity index is 1.88. The molecule has 0 spiro atoms. The van der Waals surface area contributed by atoms with Crippen molar-refractivity contribution in [2.45, 2.75) is 19.3 Å². The largest absolute Gasteiger partial charge is 0.369 e. The van der Waals surface area contributed by atoms with Gasteiger partial charge < -0.3 is 5.32 Å². The molecule has 4 heteroatoms. The number of pyridine rings is 1. The molecular formula is C17H17BrN2S. The predicted molar refractivity (Wildman–Crippen MR) is 95.3 cm³/mol. The normalized spacial score (nSPS) is 11.8. The number of thiophene rings is 1. The third-order valence-corrected chi connectivity index (χ3v) is 5.57. The van der Waals surface area contributed by atoms with E-state index in [-0.39, 0.29) is 5.41 Å². The number of hydrogen-bond acceptors (Lipinski definition) is 3. The lowest BCUT2D eigenvalue weighted by Gasteiger charge is -2.24. The summed E-state index contributed by atoms with van der Waals surface area (Å²) in [6.45, 7) is 5.37. The van der Waals surface area contributed by atoms with Crippen molar-refractivity contribution < 1.29 is 0 Å². The van der Waals surface area contributed by atoms with Gasteiger partial charge >= 0.3 is 0 Å². The summed E-state index contributed by atoms with van der Waals surface area (Å²) >= 11 is 5.40. The molecule has 0 unspecified atom stereocenters. The van der Waals surface area contributed by atoms with Crippen LogP contribution in [0.4, 0.5) is 5.82 Å². The highest BCUT2D eigenvalue weighted by Gasteiger charge is 2.21. The summed E-state index contributed by atoms with van der Waals surface area (Å²) in [7, 11) is 0. The molecule has 0 aliphatic carbocycles. The molecule has 0 aliphatic heterocycles. The number of anilines is 1. The Labute approximate surface area is 137 Å².